The zero-order chi connectivity index (χ0) is 35.5. The number of hydrogen-bond donors (Lipinski definition) is 0. The molecule has 0 saturated heterocycles. The smallest absolute Gasteiger partial charge is 0.309 e. The maximum Gasteiger partial charge on any atom is 0.309 e. The average Bonchev–Trinajstić information content (AvgIpc) is 3.11. The predicted octanol–water partition coefficient (Wildman–Crippen LogP) is 14.4. The lowest BCUT2D eigenvalue weighted by molar-refractivity contribution is -0.156. The molecule has 0 N–H and O–H groups in total. The molecule has 49 heavy (non-hydrogen) atoms. The van der Waals surface area contributed by atoms with Crippen molar-refractivity contribution >= 4 is 5.97 Å². The van der Waals surface area contributed by atoms with Gasteiger partial charge in [0.05, 0.1) is 5.92 Å². The first kappa shape index (κ1) is 45.4. The Morgan fingerprint density at radius 3 is 1.41 bits per heavy atom. The van der Waals surface area contributed by atoms with E-state index in [9.17, 15) is 4.79 Å². The maximum atomic E-state index is 13.3. The van der Waals surface area contributed by atoms with Crippen molar-refractivity contribution in [2.45, 2.75) is 219 Å². The fraction of sp³-hybridized carbons (Fsp3) is 0.804. The molecule has 0 radical (unpaired) electrons. The van der Waals surface area contributed by atoms with Gasteiger partial charge in [-0.15, -0.1) is 0 Å². The number of nitrogens with zero attached hydrogens (tertiary/aromatic N) is 1. The van der Waals surface area contributed by atoms with Crippen LogP contribution in [0.4, 0.5) is 0 Å². The minimum atomic E-state index is 0.0929. The molecule has 2 atom stereocenters. The summed E-state index contributed by atoms with van der Waals surface area (Å²) >= 11 is 0. The number of allylic oxidation sites excluding steroid dienone is 8. The van der Waals surface area contributed by atoms with Crippen molar-refractivity contribution in [3.63, 3.8) is 0 Å². The van der Waals surface area contributed by atoms with E-state index in [1.807, 2.05) is 0 Å². The normalized spacial score (nSPS) is 17.8. The van der Waals surface area contributed by atoms with E-state index in [1.54, 1.807) is 0 Å². The Kier molecular flexibility index (Phi) is 32.3. The van der Waals surface area contributed by atoms with E-state index in [0.717, 1.165) is 44.9 Å². The number of unbranched alkanes of at least 4 members (excludes halogenated alkanes) is 18. The largest absolute Gasteiger partial charge is 0.462 e. The molecular formula is C46H83NO2. The molecule has 1 saturated carbocycles. The molecule has 3 heteroatoms. The van der Waals surface area contributed by atoms with Crippen LogP contribution in [0.1, 0.15) is 206 Å². The molecule has 1 aliphatic carbocycles. The van der Waals surface area contributed by atoms with Crippen LogP contribution in [0.2, 0.25) is 0 Å². The van der Waals surface area contributed by atoms with Crippen LogP contribution in [-0.4, -0.2) is 37.1 Å². The number of rotatable bonds is 33. The number of hydrogen-bond acceptors (Lipinski definition) is 3. The topological polar surface area (TPSA) is 29.5 Å². The van der Waals surface area contributed by atoms with E-state index in [-0.39, 0.29) is 18.0 Å². The molecule has 284 valence electrons. The molecule has 1 aliphatic rings. The number of esters is 1. The number of carbonyl (C=O) groups excluding carboxylic acids is 1. The standard InChI is InChI=1S/C46H83NO2/c1-5-7-9-11-13-15-17-19-21-23-25-27-29-31-33-35-40-45(49-46(48)43-38-37-39-44(42-43)47(3)4)41-36-34-32-30-28-26-24-22-20-18-16-14-12-10-8-6-2/h13-16,19-22,43-45H,5-12,17-18,23-42H2,1-4H3. The molecule has 0 heterocycles. The molecule has 0 bridgehead atoms. The zero-order valence-electron chi connectivity index (χ0n) is 33.3. The van der Waals surface area contributed by atoms with E-state index >= 15 is 0 Å². The summed E-state index contributed by atoms with van der Waals surface area (Å²) in [6, 6.07) is 0.519. The van der Waals surface area contributed by atoms with Gasteiger partial charge in [-0.25, -0.2) is 0 Å². The van der Waals surface area contributed by atoms with Gasteiger partial charge in [0, 0.05) is 6.04 Å². The molecule has 3 nitrogen and oxygen atoms in total. The molecule has 1 rings (SSSR count). The summed E-state index contributed by atoms with van der Waals surface area (Å²) in [5, 5.41) is 0. The lowest BCUT2D eigenvalue weighted by Gasteiger charge is -2.33. The third-order valence-electron chi connectivity index (χ3n) is 10.4. The van der Waals surface area contributed by atoms with E-state index in [0.29, 0.717) is 6.04 Å². The minimum Gasteiger partial charge on any atom is -0.462 e. The van der Waals surface area contributed by atoms with Gasteiger partial charge in [0.1, 0.15) is 6.10 Å². The first-order chi connectivity index (χ1) is 24.1. The first-order valence-electron chi connectivity index (χ1n) is 21.5. The Labute approximate surface area is 306 Å². The Morgan fingerprint density at radius 1 is 0.571 bits per heavy atom. The van der Waals surface area contributed by atoms with E-state index in [1.165, 1.54) is 148 Å². The van der Waals surface area contributed by atoms with Gasteiger partial charge in [0.2, 0.25) is 0 Å². The van der Waals surface area contributed by atoms with E-state index < -0.39 is 0 Å². The van der Waals surface area contributed by atoms with Gasteiger partial charge in [0.15, 0.2) is 0 Å². The quantitative estimate of drug-likeness (QED) is 0.0392. The Morgan fingerprint density at radius 2 is 0.980 bits per heavy atom. The summed E-state index contributed by atoms with van der Waals surface area (Å²) in [4.78, 5) is 15.6. The first-order valence-corrected chi connectivity index (χ1v) is 21.5. The van der Waals surface area contributed by atoms with Crippen LogP contribution in [0.25, 0.3) is 0 Å². The van der Waals surface area contributed by atoms with Gasteiger partial charge in [-0.1, -0.05) is 146 Å². The van der Waals surface area contributed by atoms with Crippen LogP contribution in [0.15, 0.2) is 48.6 Å². The van der Waals surface area contributed by atoms with Crippen molar-refractivity contribution in [2.75, 3.05) is 14.1 Å². The van der Waals surface area contributed by atoms with Crippen molar-refractivity contribution in [3.05, 3.63) is 48.6 Å². The van der Waals surface area contributed by atoms with Gasteiger partial charge < -0.3 is 9.64 Å². The fourth-order valence-corrected chi connectivity index (χ4v) is 7.09. The molecule has 0 spiro atoms. The lowest BCUT2D eigenvalue weighted by Crippen LogP contribution is -2.37. The van der Waals surface area contributed by atoms with Crippen LogP contribution in [0.3, 0.4) is 0 Å². The third-order valence-corrected chi connectivity index (χ3v) is 10.4. The van der Waals surface area contributed by atoms with Gasteiger partial charge in [-0.3, -0.25) is 4.79 Å². The molecule has 0 aromatic rings. The summed E-state index contributed by atoms with van der Waals surface area (Å²) in [6.07, 6.45) is 55.8. The second-order valence-electron chi connectivity index (χ2n) is 15.3. The number of ether oxygens (including phenoxy) is 1. The van der Waals surface area contributed by atoms with Crippen LogP contribution < -0.4 is 0 Å². The SMILES string of the molecule is CCCCCC=CCC=CCCCCCCCCC(CCCCCCCCC=CCC=CCCCCC)OC(=O)C1CCCC(N(C)C)C1. The highest BCUT2D eigenvalue weighted by atomic mass is 16.5. The monoisotopic (exact) mass is 682 g/mol. The van der Waals surface area contributed by atoms with Crippen molar-refractivity contribution in [3.8, 4) is 0 Å². The van der Waals surface area contributed by atoms with Crippen LogP contribution >= 0.6 is 0 Å². The summed E-state index contributed by atoms with van der Waals surface area (Å²) in [7, 11) is 4.30. The fourth-order valence-electron chi connectivity index (χ4n) is 7.09. The van der Waals surface area contributed by atoms with Crippen molar-refractivity contribution < 1.29 is 9.53 Å². The molecule has 0 amide bonds. The second-order valence-corrected chi connectivity index (χ2v) is 15.3. The highest BCUT2D eigenvalue weighted by Crippen LogP contribution is 2.29. The molecular weight excluding hydrogens is 599 g/mol. The highest BCUT2D eigenvalue weighted by molar-refractivity contribution is 5.72. The Balaban J connectivity index is 2.25. The zero-order valence-corrected chi connectivity index (χ0v) is 33.3. The minimum absolute atomic E-state index is 0.0929. The van der Waals surface area contributed by atoms with Gasteiger partial charge in [0.25, 0.3) is 0 Å². The molecule has 1 fully saturated rings. The van der Waals surface area contributed by atoms with Crippen molar-refractivity contribution in [1.29, 1.82) is 0 Å². The maximum absolute atomic E-state index is 13.3. The Bertz CT molecular complexity index is 792. The summed E-state index contributed by atoms with van der Waals surface area (Å²) in [6.45, 7) is 4.53. The van der Waals surface area contributed by atoms with Crippen molar-refractivity contribution in [2.24, 2.45) is 5.92 Å². The number of carbonyl (C=O) groups is 1. The average molecular weight is 682 g/mol. The lowest BCUT2D eigenvalue weighted by atomic mass is 9.85. The van der Waals surface area contributed by atoms with Crippen LogP contribution in [-0.2, 0) is 9.53 Å². The summed E-state index contributed by atoms with van der Waals surface area (Å²) < 4.78 is 6.28. The molecule has 0 aromatic heterocycles. The van der Waals surface area contributed by atoms with Crippen LogP contribution in [0, 0.1) is 5.92 Å². The Hall–Kier alpha value is -1.61. The van der Waals surface area contributed by atoms with Crippen molar-refractivity contribution in [1.82, 2.24) is 4.90 Å². The molecule has 2 unspecified atom stereocenters. The summed E-state index contributed by atoms with van der Waals surface area (Å²) in [5.41, 5.74) is 0. The van der Waals surface area contributed by atoms with Crippen LogP contribution in [0.5, 0.6) is 0 Å². The summed E-state index contributed by atoms with van der Waals surface area (Å²) in [5.74, 6) is 0.187. The predicted molar refractivity (Wildman–Crippen MR) is 217 cm³/mol. The van der Waals surface area contributed by atoms with E-state index in [2.05, 4.69) is 81.5 Å². The van der Waals surface area contributed by atoms with Gasteiger partial charge in [-0.2, -0.15) is 0 Å². The van der Waals surface area contributed by atoms with E-state index in [4.69, 9.17) is 4.74 Å². The highest BCUT2D eigenvalue weighted by Gasteiger charge is 2.30. The van der Waals surface area contributed by atoms with Gasteiger partial charge >= 0.3 is 5.97 Å². The van der Waals surface area contributed by atoms with Gasteiger partial charge in [-0.05, 0) is 123 Å². The molecule has 0 aromatic carbocycles. The third kappa shape index (κ3) is 28.7. The second kappa shape index (κ2) is 34.8. The molecule has 0 aliphatic heterocycles.